The van der Waals surface area contributed by atoms with Gasteiger partial charge in [0.25, 0.3) is 5.91 Å². The summed E-state index contributed by atoms with van der Waals surface area (Å²) < 4.78 is -2.67. The molecule has 6 heteroatoms. The molecule has 0 aromatic heterocycles. The van der Waals surface area contributed by atoms with E-state index in [1.165, 1.54) is 0 Å². The fourth-order valence-electron chi connectivity index (χ4n) is 2.48. The van der Waals surface area contributed by atoms with Gasteiger partial charge in [0.15, 0.2) is 8.67 Å². The first-order chi connectivity index (χ1) is 7.87. The Balaban J connectivity index is 2.16. The number of alkyl halides is 4. The first kappa shape index (κ1) is 11.9. The summed E-state index contributed by atoms with van der Waals surface area (Å²) in [4.78, 5) is 11.9. The lowest BCUT2D eigenvalue weighted by Crippen LogP contribution is -2.73. The van der Waals surface area contributed by atoms with Crippen LogP contribution >= 0.6 is 46.4 Å². The molecule has 1 saturated carbocycles. The van der Waals surface area contributed by atoms with Gasteiger partial charge in [0.2, 0.25) is 0 Å². The fourth-order valence-corrected chi connectivity index (χ4v) is 3.80. The van der Waals surface area contributed by atoms with Gasteiger partial charge < -0.3 is 5.32 Å². The van der Waals surface area contributed by atoms with Gasteiger partial charge in [-0.05, 0) is 11.6 Å². The third kappa shape index (κ3) is 1.33. The van der Waals surface area contributed by atoms with E-state index in [0.717, 1.165) is 5.56 Å². The van der Waals surface area contributed by atoms with Crippen molar-refractivity contribution in [2.45, 2.75) is 20.6 Å². The van der Waals surface area contributed by atoms with Gasteiger partial charge in [0, 0.05) is 11.5 Å². The average Bonchev–Trinajstić information content (AvgIpc) is 2.28. The summed E-state index contributed by atoms with van der Waals surface area (Å²) in [5, 5.41) is 2.75. The Morgan fingerprint density at radius 1 is 1.06 bits per heavy atom. The number of benzene rings is 1. The molecule has 2 unspecified atom stereocenters. The predicted octanol–water partition coefficient (Wildman–Crippen LogP) is 3.24. The highest BCUT2D eigenvalue weighted by Gasteiger charge is 2.72. The number of fused-ring (bicyclic) bond motifs is 3. The SMILES string of the molecule is O=C1NC2C(c3ccccc31)C(Cl)(Cl)C2(Cl)Cl. The van der Waals surface area contributed by atoms with Crippen LogP contribution in [-0.2, 0) is 0 Å². The number of carbonyl (C=O) groups excluding carboxylic acids is 1. The zero-order valence-electron chi connectivity index (χ0n) is 8.38. The zero-order chi connectivity index (χ0) is 12.4. The molecule has 1 aromatic rings. The van der Waals surface area contributed by atoms with Gasteiger partial charge in [0.1, 0.15) is 0 Å². The van der Waals surface area contributed by atoms with Crippen molar-refractivity contribution in [2.24, 2.45) is 0 Å². The van der Waals surface area contributed by atoms with Crippen molar-refractivity contribution in [1.29, 1.82) is 0 Å². The van der Waals surface area contributed by atoms with Crippen LogP contribution in [0.4, 0.5) is 0 Å². The summed E-state index contributed by atoms with van der Waals surface area (Å²) >= 11 is 24.6. The average molecular weight is 311 g/mol. The smallest absolute Gasteiger partial charge is 0.251 e. The quantitative estimate of drug-likeness (QED) is 0.732. The Kier molecular flexibility index (Phi) is 2.41. The predicted molar refractivity (Wildman–Crippen MR) is 69.3 cm³/mol. The summed E-state index contributed by atoms with van der Waals surface area (Å²) in [6.45, 7) is 0. The van der Waals surface area contributed by atoms with E-state index in [0.29, 0.717) is 5.56 Å². The largest absolute Gasteiger partial charge is 0.345 e. The molecular formula is C11H7Cl4NO. The molecule has 1 heterocycles. The highest BCUT2D eigenvalue weighted by Crippen LogP contribution is 2.66. The summed E-state index contributed by atoms with van der Waals surface area (Å²) in [7, 11) is 0. The zero-order valence-corrected chi connectivity index (χ0v) is 11.4. The second-order valence-electron chi connectivity index (χ2n) is 4.26. The first-order valence-electron chi connectivity index (χ1n) is 5.03. The van der Waals surface area contributed by atoms with Crippen LogP contribution in [0.3, 0.4) is 0 Å². The molecule has 2 atom stereocenters. The minimum absolute atomic E-state index is 0.198. The summed E-state index contributed by atoms with van der Waals surface area (Å²) in [6, 6.07) is 6.72. The lowest BCUT2D eigenvalue weighted by atomic mass is 9.69. The number of hydrogen-bond donors (Lipinski definition) is 1. The maximum atomic E-state index is 11.9. The maximum Gasteiger partial charge on any atom is 0.251 e. The Bertz CT molecular complexity index is 514. The number of hydrogen-bond acceptors (Lipinski definition) is 1. The highest BCUT2D eigenvalue weighted by molar-refractivity contribution is 6.65. The third-order valence-corrected chi connectivity index (χ3v) is 5.91. The van der Waals surface area contributed by atoms with E-state index in [9.17, 15) is 4.79 Å². The minimum atomic E-state index is -1.37. The summed E-state index contributed by atoms with van der Waals surface area (Å²) in [5.74, 6) is -0.480. The summed E-state index contributed by atoms with van der Waals surface area (Å²) in [6.07, 6.45) is 0. The molecule has 2 nitrogen and oxygen atoms in total. The Hall–Kier alpha value is -0.150. The van der Waals surface area contributed by atoms with Gasteiger partial charge in [-0.3, -0.25) is 4.79 Å². The van der Waals surface area contributed by atoms with Gasteiger partial charge in [0.05, 0.1) is 6.04 Å². The first-order valence-corrected chi connectivity index (χ1v) is 6.54. The van der Waals surface area contributed by atoms with Crippen LogP contribution in [0, 0.1) is 0 Å². The van der Waals surface area contributed by atoms with Crippen LogP contribution in [0.5, 0.6) is 0 Å². The van der Waals surface area contributed by atoms with E-state index in [2.05, 4.69) is 5.32 Å². The van der Waals surface area contributed by atoms with Crippen molar-refractivity contribution >= 4 is 52.3 Å². The Morgan fingerprint density at radius 3 is 2.41 bits per heavy atom. The minimum Gasteiger partial charge on any atom is -0.345 e. The van der Waals surface area contributed by atoms with Gasteiger partial charge >= 0.3 is 0 Å². The summed E-state index contributed by atoms with van der Waals surface area (Å²) in [5.41, 5.74) is 1.37. The van der Waals surface area contributed by atoms with Crippen LogP contribution in [0.15, 0.2) is 24.3 Å². The molecule has 3 rings (SSSR count). The fraction of sp³-hybridized carbons (Fsp3) is 0.364. The molecule has 2 aliphatic rings. The van der Waals surface area contributed by atoms with Gasteiger partial charge in [-0.15, -0.1) is 0 Å². The van der Waals surface area contributed by atoms with E-state index in [1.54, 1.807) is 12.1 Å². The number of amides is 1. The number of rotatable bonds is 0. The number of carbonyl (C=O) groups is 1. The molecule has 1 aromatic carbocycles. The van der Waals surface area contributed by atoms with E-state index < -0.39 is 14.7 Å². The molecule has 0 bridgehead atoms. The van der Waals surface area contributed by atoms with E-state index >= 15 is 0 Å². The van der Waals surface area contributed by atoms with Crippen molar-refractivity contribution < 1.29 is 4.79 Å². The monoisotopic (exact) mass is 309 g/mol. The van der Waals surface area contributed by atoms with Crippen LogP contribution < -0.4 is 5.32 Å². The van der Waals surface area contributed by atoms with Crippen molar-refractivity contribution in [3.63, 3.8) is 0 Å². The van der Waals surface area contributed by atoms with Crippen LogP contribution in [0.1, 0.15) is 21.8 Å². The molecule has 1 fully saturated rings. The Morgan fingerprint density at radius 2 is 1.71 bits per heavy atom. The molecule has 0 saturated heterocycles. The number of halogens is 4. The second kappa shape index (κ2) is 3.45. The van der Waals surface area contributed by atoms with E-state index in [-0.39, 0.29) is 11.8 Å². The normalized spacial score (nSPS) is 31.9. The maximum absolute atomic E-state index is 11.9. The molecule has 1 N–H and O–H groups in total. The number of nitrogens with one attached hydrogen (secondary N) is 1. The van der Waals surface area contributed by atoms with Crippen molar-refractivity contribution in [2.75, 3.05) is 0 Å². The molecule has 17 heavy (non-hydrogen) atoms. The van der Waals surface area contributed by atoms with Crippen molar-refractivity contribution in [3.8, 4) is 0 Å². The molecule has 1 amide bonds. The lowest BCUT2D eigenvalue weighted by molar-refractivity contribution is 0.0860. The van der Waals surface area contributed by atoms with Crippen LogP contribution in [0.25, 0.3) is 0 Å². The van der Waals surface area contributed by atoms with Crippen LogP contribution in [-0.4, -0.2) is 20.6 Å². The van der Waals surface area contributed by atoms with E-state index in [4.69, 9.17) is 46.4 Å². The van der Waals surface area contributed by atoms with Gasteiger partial charge in [-0.1, -0.05) is 64.6 Å². The van der Waals surface area contributed by atoms with Gasteiger partial charge in [-0.25, -0.2) is 0 Å². The second-order valence-corrected chi connectivity index (χ2v) is 7.03. The molecule has 0 radical (unpaired) electrons. The molecule has 1 aliphatic carbocycles. The topological polar surface area (TPSA) is 29.1 Å². The van der Waals surface area contributed by atoms with E-state index in [1.807, 2.05) is 12.1 Å². The lowest BCUT2D eigenvalue weighted by Gasteiger charge is -2.59. The van der Waals surface area contributed by atoms with Gasteiger partial charge in [-0.2, -0.15) is 0 Å². The highest BCUT2D eigenvalue weighted by atomic mass is 35.5. The third-order valence-electron chi connectivity index (χ3n) is 3.39. The van der Waals surface area contributed by atoms with Crippen LogP contribution in [0.2, 0.25) is 0 Å². The molecule has 0 spiro atoms. The Labute approximate surface area is 118 Å². The van der Waals surface area contributed by atoms with Crippen molar-refractivity contribution in [3.05, 3.63) is 35.4 Å². The molecule has 90 valence electrons. The standard InChI is InChI=1S/C11H7Cl4NO/c12-10(13)7-5-3-1-2-4-6(5)9(17)16-8(7)11(10,14)15/h1-4,7-8H,(H,16,17). The molecule has 1 aliphatic heterocycles. The van der Waals surface area contributed by atoms with Crippen molar-refractivity contribution in [1.82, 2.24) is 5.32 Å². The molecular weight excluding hydrogens is 304 g/mol.